The smallest absolute Gasteiger partial charge is 0.251 e. The lowest BCUT2D eigenvalue weighted by molar-refractivity contribution is 0.0950. The van der Waals surface area contributed by atoms with E-state index in [1.807, 2.05) is 12.3 Å². The highest BCUT2D eigenvalue weighted by atomic mass is 32.1. The summed E-state index contributed by atoms with van der Waals surface area (Å²) in [4.78, 5) is 20.2. The van der Waals surface area contributed by atoms with Gasteiger partial charge in [0, 0.05) is 29.4 Å². The lowest BCUT2D eigenvalue weighted by atomic mass is 10.2. The van der Waals surface area contributed by atoms with Crippen molar-refractivity contribution in [2.24, 2.45) is 5.73 Å². The van der Waals surface area contributed by atoms with Crippen LogP contribution in [-0.2, 0) is 13.1 Å². The van der Waals surface area contributed by atoms with Crippen molar-refractivity contribution in [1.29, 1.82) is 0 Å². The van der Waals surface area contributed by atoms with Crippen LogP contribution in [0.4, 0.5) is 0 Å². The number of pyridine rings is 1. The predicted octanol–water partition coefficient (Wildman–Crippen LogP) is 1.24. The molecule has 2 aromatic heterocycles. The molecule has 2 aromatic rings. The second kappa shape index (κ2) is 5.70. The zero-order chi connectivity index (χ0) is 13.0. The molecule has 6 heteroatoms. The Hall–Kier alpha value is -1.79. The van der Waals surface area contributed by atoms with Crippen LogP contribution in [0.5, 0.6) is 0 Å². The number of nitrogens with one attached hydrogen (secondary N) is 1. The average Bonchev–Trinajstić information content (AvgIpc) is 2.82. The van der Waals surface area contributed by atoms with Gasteiger partial charge in [0.1, 0.15) is 5.01 Å². The van der Waals surface area contributed by atoms with E-state index in [-0.39, 0.29) is 5.91 Å². The Labute approximate surface area is 109 Å². The summed E-state index contributed by atoms with van der Waals surface area (Å²) >= 11 is 1.54. The summed E-state index contributed by atoms with van der Waals surface area (Å²) in [5, 5.41) is 5.68. The molecule has 0 spiro atoms. The topological polar surface area (TPSA) is 80.9 Å². The molecule has 5 nitrogen and oxygen atoms in total. The van der Waals surface area contributed by atoms with E-state index in [1.165, 1.54) is 11.3 Å². The molecule has 0 aliphatic rings. The summed E-state index contributed by atoms with van der Waals surface area (Å²) in [7, 11) is 0. The molecule has 94 valence electrons. The maximum atomic E-state index is 11.9. The lowest BCUT2D eigenvalue weighted by Gasteiger charge is -2.04. The van der Waals surface area contributed by atoms with Crippen LogP contribution in [0.3, 0.4) is 0 Å². The lowest BCUT2D eigenvalue weighted by Crippen LogP contribution is -2.23. The van der Waals surface area contributed by atoms with Gasteiger partial charge in [0.05, 0.1) is 12.2 Å². The largest absolute Gasteiger partial charge is 0.346 e. The van der Waals surface area contributed by atoms with Crippen molar-refractivity contribution in [3.8, 4) is 0 Å². The van der Waals surface area contributed by atoms with E-state index in [1.54, 1.807) is 18.3 Å². The van der Waals surface area contributed by atoms with Crippen LogP contribution in [0.15, 0.2) is 23.7 Å². The number of aromatic nitrogens is 2. The molecule has 0 saturated heterocycles. The Bertz CT molecular complexity index is 553. The minimum Gasteiger partial charge on any atom is -0.346 e. The standard InChI is InChI=1S/C12H14N4OS/c1-8-7-18-11(16-8)6-15-12(17)9-2-3-14-10(4-9)5-13/h2-4,7H,5-6,13H2,1H3,(H,15,17). The quantitative estimate of drug-likeness (QED) is 0.868. The first-order valence-electron chi connectivity index (χ1n) is 5.53. The maximum Gasteiger partial charge on any atom is 0.251 e. The van der Waals surface area contributed by atoms with Gasteiger partial charge in [-0.25, -0.2) is 4.98 Å². The third-order valence-corrected chi connectivity index (χ3v) is 3.32. The second-order valence-electron chi connectivity index (χ2n) is 3.81. The molecular weight excluding hydrogens is 248 g/mol. The minimum atomic E-state index is -0.139. The van der Waals surface area contributed by atoms with E-state index >= 15 is 0 Å². The molecule has 0 radical (unpaired) electrons. The van der Waals surface area contributed by atoms with E-state index < -0.39 is 0 Å². The molecule has 18 heavy (non-hydrogen) atoms. The Kier molecular flexibility index (Phi) is 4.01. The van der Waals surface area contributed by atoms with Crippen molar-refractivity contribution in [2.45, 2.75) is 20.0 Å². The van der Waals surface area contributed by atoms with Gasteiger partial charge in [0.2, 0.25) is 0 Å². The number of nitrogens with two attached hydrogens (primary N) is 1. The molecule has 2 heterocycles. The molecule has 0 aliphatic carbocycles. The summed E-state index contributed by atoms with van der Waals surface area (Å²) in [5.74, 6) is -0.139. The van der Waals surface area contributed by atoms with E-state index in [4.69, 9.17) is 5.73 Å². The Morgan fingerprint density at radius 1 is 1.56 bits per heavy atom. The maximum absolute atomic E-state index is 11.9. The van der Waals surface area contributed by atoms with Crippen molar-refractivity contribution >= 4 is 17.2 Å². The summed E-state index contributed by atoms with van der Waals surface area (Å²) in [6, 6.07) is 3.37. The number of aryl methyl sites for hydroxylation is 1. The van der Waals surface area contributed by atoms with Crippen molar-refractivity contribution < 1.29 is 4.79 Å². The van der Waals surface area contributed by atoms with E-state index in [2.05, 4.69) is 15.3 Å². The molecule has 3 N–H and O–H groups in total. The summed E-state index contributed by atoms with van der Waals surface area (Å²) < 4.78 is 0. The summed E-state index contributed by atoms with van der Waals surface area (Å²) in [6.07, 6.45) is 1.59. The average molecular weight is 262 g/mol. The van der Waals surface area contributed by atoms with Gasteiger partial charge in [0.25, 0.3) is 5.91 Å². The highest BCUT2D eigenvalue weighted by Gasteiger charge is 2.07. The van der Waals surface area contributed by atoms with E-state index in [0.717, 1.165) is 10.7 Å². The van der Waals surface area contributed by atoms with Crippen molar-refractivity contribution in [2.75, 3.05) is 0 Å². The van der Waals surface area contributed by atoms with E-state index in [9.17, 15) is 4.79 Å². The van der Waals surface area contributed by atoms with Gasteiger partial charge in [0.15, 0.2) is 0 Å². The SMILES string of the molecule is Cc1csc(CNC(=O)c2ccnc(CN)c2)n1. The van der Waals surface area contributed by atoms with Crippen molar-refractivity contribution in [1.82, 2.24) is 15.3 Å². The predicted molar refractivity (Wildman–Crippen MR) is 70.1 cm³/mol. The first-order chi connectivity index (χ1) is 8.69. The monoisotopic (exact) mass is 262 g/mol. The fourth-order valence-corrected chi connectivity index (χ4v) is 2.18. The molecule has 2 rings (SSSR count). The number of hydrogen-bond acceptors (Lipinski definition) is 5. The molecule has 0 unspecified atom stereocenters. The van der Waals surface area contributed by atoms with Crippen molar-refractivity contribution in [3.63, 3.8) is 0 Å². The number of carbonyl (C=O) groups excluding carboxylic acids is 1. The van der Waals surface area contributed by atoms with Crippen LogP contribution in [0.2, 0.25) is 0 Å². The van der Waals surface area contributed by atoms with Crippen LogP contribution in [0, 0.1) is 6.92 Å². The van der Waals surface area contributed by atoms with Crippen LogP contribution in [0.1, 0.15) is 26.8 Å². The van der Waals surface area contributed by atoms with Crippen LogP contribution >= 0.6 is 11.3 Å². The molecule has 0 aromatic carbocycles. The molecule has 0 bridgehead atoms. The minimum absolute atomic E-state index is 0.139. The zero-order valence-electron chi connectivity index (χ0n) is 10.0. The molecule has 0 fully saturated rings. The van der Waals surface area contributed by atoms with Gasteiger partial charge < -0.3 is 11.1 Å². The highest BCUT2D eigenvalue weighted by Crippen LogP contribution is 2.08. The number of nitrogens with zero attached hydrogens (tertiary/aromatic N) is 2. The fourth-order valence-electron chi connectivity index (χ4n) is 1.47. The zero-order valence-corrected chi connectivity index (χ0v) is 10.8. The van der Waals surface area contributed by atoms with Crippen molar-refractivity contribution in [3.05, 3.63) is 45.7 Å². The van der Waals surface area contributed by atoms with Gasteiger partial charge in [-0.3, -0.25) is 9.78 Å². The Balaban J connectivity index is 1.99. The number of carbonyl (C=O) groups is 1. The molecule has 0 atom stereocenters. The van der Waals surface area contributed by atoms with Gasteiger partial charge in [-0.05, 0) is 19.1 Å². The van der Waals surface area contributed by atoms with E-state index in [0.29, 0.717) is 24.3 Å². The van der Waals surface area contributed by atoms with Gasteiger partial charge in [-0.1, -0.05) is 0 Å². The second-order valence-corrected chi connectivity index (χ2v) is 4.75. The third kappa shape index (κ3) is 3.12. The molecule has 0 saturated carbocycles. The molecular formula is C12H14N4OS. The highest BCUT2D eigenvalue weighted by molar-refractivity contribution is 7.09. The number of hydrogen-bond donors (Lipinski definition) is 2. The van der Waals surface area contributed by atoms with Gasteiger partial charge in [-0.2, -0.15) is 0 Å². The molecule has 0 aliphatic heterocycles. The number of amides is 1. The normalized spacial score (nSPS) is 10.3. The number of thiazole rings is 1. The Morgan fingerprint density at radius 3 is 3.06 bits per heavy atom. The Morgan fingerprint density at radius 2 is 2.39 bits per heavy atom. The van der Waals surface area contributed by atoms with Gasteiger partial charge >= 0.3 is 0 Å². The van der Waals surface area contributed by atoms with Gasteiger partial charge in [-0.15, -0.1) is 11.3 Å². The first kappa shape index (κ1) is 12.7. The van der Waals surface area contributed by atoms with Crippen LogP contribution < -0.4 is 11.1 Å². The third-order valence-electron chi connectivity index (χ3n) is 2.35. The number of rotatable bonds is 4. The molecule has 1 amide bonds. The van der Waals surface area contributed by atoms with Crippen LogP contribution in [-0.4, -0.2) is 15.9 Å². The summed E-state index contributed by atoms with van der Waals surface area (Å²) in [6.45, 7) is 2.70. The van der Waals surface area contributed by atoms with Crippen LogP contribution in [0.25, 0.3) is 0 Å². The first-order valence-corrected chi connectivity index (χ1v) is 6.41. The summed E-state index contributed by atoms with van der Waals surface area (Å²) in [5.41, 5.74) is 7.72. The fraction of sp³-hybridized carbons (Fsp3) is 0.250.